The fraction of sp³-hybridized carbons (Fsp3) is 0. The van der Waals surface area contributed by atoms with Crippen LogP contribution in [0, 0.1) is 0 Å². The molecule has 5 nitrogen and oxygen atoms in total. The lowest BCUT2D eigenvalue weighted by Gasteiger charge is -2.13. The summed E-state index contributed by atoms with van der Waals surface area (Å²) in [5.74, 6) is 1.78. The predicted octanol–water partition coefficient (Wildman–Crippen LogP) is 15.7. The van der Waals surface area contributed by atoms with Crippen molar-refractivity contribution in [2.24, 2.45) is 0 Å². The van der Waals surface area contributed by atoms with Gasteiger partial charge in [0.15, 0.2) is 17.5 Å². The zero-order valence-electron chi connectivity index (χ0n) is 33.6. The zero-order valence-corrected chi connectivity index (χ0v) is 34.4. The van der Waals surface area contributed by atoms with Crippen LogP contribution < -0.4 is 0 Å². The standard InChI is InChI=1S/C57H32N4OS/c1-2-13-34-28-37(25-24-33(34)12-1)55-58-56(38-26-27-42-41-18-8-10-23-51(41)63-52(42)31-38)60-57(59-55)45-21-11-20-44-53-43-19-6-5-16-39(43)49(32-50(53)62-54(44)45)61-47-22-9-7-17-40(47)46-29-35-14-3-4-15-36(35)30-48(46)61/h1-32H. The summed E-state index contributed by atoms with van der Waals surface area (Å²) in [6.45, 7) is 0. The van der Waals surface area contributed by atoms with Gasteiger partial charge in [0.1, 0.15) is 11.2 Å². The Hall–Kier alpha value is -8.19. The van der Waals surface area contributed by atoms with Gasteiger partial charge in [-0.25, -0.2) is 15.0 Å². The Bertz CT molecular complexity index is 4230. The lowest BCUT2D eigenvalue weighted by atomic mass is 10.0. The van der Waals surface area contributed by atoms with E-state index in [0.29, 0.717) is 17.5 Å². The van der Waals surface area contributed by atoms with Gasteiger partial charge in [-0.15, -0.1) is 11.3 Å². The minimum absolute atomic E-state index is 0.558. The molecule has 0 amide bonds. The first-order chi connectivity index (χ1) is 31.2. The van der Waals surface area contributed by atoms with E-state index in [4.69, 9.17) is 19.4 Å². The summed E-state index contributed by atoms with van der Waals surface area (Å²) < 4.78 is 12.0. The second-order valence-corrected chi connectivity index (χ2v) is 17.4. The maximum absolute atomic E-state index is 7.11. The third kappa shape index (κ3) is 5.19. The fourth-order valence-corrected chi connectivity index (χ4v) is 11.0. The molecule has 0 aliphatic rings. The summed E-state index contributed by atoms with van der Waals surface area (Å²) in [5, 5.41) is 14.0. The summed E-state index contributed by atoms with van der Waals surface area (Å²) in [6, 6.07) is 69.1. The van der Waals surface area contributed by atoms with E-state index in [9.17, 15) is 0 Å². The maximum Gasteiger partial charge on any atom is 0.167 e. The van der Waals surface area contributed by atoms with Crippen LogP contribution in [0.3, 0.4) is 0 Å². The molecule has 0 atom stereocenters. The molecule has 0 saturated carbocycles. The molecule has 0 saturated heterocycles. The van der Waals surface area contributed by atoms with E-state index in [1.807, 2.05) is 0 Å². The largest absolute Gasteiger partial charge is 0.455 e. The molecule has 0 spiro atoms. The number of rotatable bonds is 4. The van der Waals surface area contributed by atoms with E-state index >= 15 is 0 Å². The molecular formula is C57H32N4OS. The minimum atomic E-state index is 0.558. The lowest BCUT2D eigenvalue weighted by Crippen LogP contribution is -2.00. The van der Waals surface area contributed by atoms with Crippen LogP contribution in [0.4, 0.5) is 0 Å². The molecule has 0 aliphatic carbocycles. The summed E-state index contributed by atoms with van der Waals surface area (Å²) in [4.78, 5) is 15.7. The van der Waals surface area contributed by atoms with Crippen LogP contribution in [0.2, 0.25) is 0 Å². The molecule has 0 aliphatic heterocycles. The average Bonchev–Trinajstić information content (AvgIpc) is 4.02. The van der Waals surface area contributed by atoms with Crippen LogP contribution in [0.1, 0.15) is 0 Å². The Kier molecular flexibility index (Phi) is 7.21. The molecule has 0 unspecified atom stereocenters. The van der Waals surface area contributed by atoms with Crippen molar-refractivity contribution >= 4 is 108 Å². The maximum atomic E-state index is 7.11. The van der Waals surface area contributed by atoms with E-state index in [-0.39, 0.29) is 0 Å². The van der Waals surface area contributed by atoms with Crippen molar-refractivity contribution in [2.75, 3.05) is 0 Å². The quantitative estimate of drug-likeness (QED) is 0.177. The molecule has 0 N–H and O–H groups in total. The number of fused-ring (bicyclic) bond motifs is 13. The van der Waals surface area contributed by atoms with E-state index in [2.05, 4.69) is 199 Å². The highest BCUT2D eigenvalue weighted by Gasteiger charge is 2.22. The van der Waals surface area contributed by atoms with Gasteiger partial charge < -0.3 is 8.98 Å². The fourth-order valence-electron chi connectivity index (χ4n) is 9.87. The van der Waals surface area contributed by atoms with Crippen LogP contribution in [-0.2, 0) is 0 Å². The Morgan fingerprint density at radius 1 is 0.381 bits per heavy atom. The number of nitrogens with zero attached hydrogens (tertiary/aromatic N) is 4. The number of thiophene rings is 1. The van der Waals surface area contributed by atoms with Crippen molar-refractivity contribution in [2.45, 2.75) is 0 Å². The summed E-state index contributed by atoms with van der Waals surface area (Å²) in [7, 11) is 0. The minimum Gasteiger partial charge on any atom is -0.455 e. The van der Waals surface area contributed by atoms with Crippen molar-refractivity contribution in [1.29, 1.82) is 0 Å². The summed E-state index contributed by atoms with van der Waals surface area (Å²) in [6.07, 6.45) is 0. The second kappa shape index (κ2) is 13.2. The van der Waals surface area contributed by atoms with Gasteiger partial charge >= 0.3 is 0 Å². The first-order valence-corrected chi connectivity index (χ1v) is 22.0. The van der Waals surface area contributed by atoms with Gasteiger partial charge in [-0.2, -0.15) is 0 Å². The first kappa shape index (κ1) is 34.5. The topological polar surface area (TPSA) is 56.7 Å². The molecule has 4 heterocycles. The number of benzene rings is 10. The van der Waals surface area contributed by atoms with Gasteiger partial charge in [-0.3, -0.25) is 0 Å². The highest BCUT2D eigenvalue weighted by atomic mass is 32.1. The lowest BCUT2D eigenvalue weighted by molar-refractivity contribution is 0.669. The second-order valence-electron chi connectivity index (χ2n) is 16.3. The van der Waals surface area contributed by atoms with Gasteiger partial charge in [-0.1, -0.05) is 146 Å². The third-order valence-corrected chi connectivity index (χ3v) is 13.9. The van der Waals surface area contributed by atoms with E-state index < -0.39 is 0 Å². The predicted molar refractivity (Wildman–Crippen MR) is 263 cm³/mol. The molecular weight excluding hydrogens is 789 g/mol. The smallest absolute Gasteiger partial charge is 0.167 e. The van der Waals surface area contributed by atoms with E-state index in [1.165, 1.54) is 47.1 Å². The molecule has 4 aromatic heterocycles. The first-order valence-electron chi connectivity index (χ1n) is 21.2. The van der Waals surface area contributed by atoms with Gasteiger partial charge in [0.25, 0.3) is 0 Å². The van der Waals surface area contributed by atoms with Gasteiger partial charge in [0, 0.05) is 64.3 Å². The van der Waals surface area contributed by atoms with Gasteiger partial charge in [-0.05, 0) is 69.4 Å². The highest BCUT2D eigenvalue weighted by molar-refractivity contribution is 7.25. The number of aromatic nitrogens is 4. The SMILES string of the molecule is c1ccc2cc(-c3nc(-c4ccc5c(c4)sc4ccccc45)nc(-c4cccc5c4oc4cc(-n6c7ccccc7c7cc8ccccc8cc76)c6ccccc6c45)n3)ccc2c1. The van der Waals surface area contributed by atoms with Crippen molar-refractivity contribution in [3.63, 3.8) is 0 Å². The molecule has 6 heteroatoms. The Morgan fingerprint density at radius 2 is 1.00 bits per heavy atom. The van der Waals surface area contributed by atoms with Gasteiger partial charge in [0.2, 0.25) is 0 Å². The number of furan rings is 1. The molecule has 292 valence electrons. The number of hydrogen-bond acceptors (Lipinski definition) is 5. The van der Waals surface area contributed by atoms with Crippen LogP contribution in [0.15, 0.2) is 199 Å². The van der Waals surface area contributed by atoms with Crippen molar-refractivity contribution in [1.82, 2.24) is 19.5 Å². The van der Waals surface area contributed by atoms with Gasteiger partial charge in [0.05, 0.1) is 22.3 Å². The molecule has 14 rings (SSSR count). The van der Waals surface area contributed by atoms with Crippen LogP contribution in [-0.4, -0.2) is 19.5 Å². The van der Waals surface area contributed by atoms with Crippen molar-refractivity contribution in [3.8, 4) is 39.9 Å². The Balaban J connectivity index is 1.02. The number of para-hydroxylation sites is 2. The van der Waals surface area contributed by atoms with Crippen LogP contribution in [0.5, 0.6) is 0 Å². The van der Waals surface area contributed by atoms with Crippen LogP contribution >= 0.6 is 11.3 Å². The Morgan fingerprint density at radius 3 is 1.84 bits per heavy atom. The molecule has 0 radical (unpaired) electrons. The van der Waals surface area contributed by atoms with E-state index in [1.54, 1.807) is 11.3 Å². The molecule has 14 aromatic rings. The molecule has 0 fully saturated rings. The average molecular weight is 821 g/mol. The molecule has 10 aromatic carbocycles. The van der Waals surface area contributed by atoms with Crippen LogP contribution in [0.25, 0.3) is 136 Å². The molecule has 63 heavy (non-hydrogen) atoms. The van der Waals surface area contributed by atoms with E-state index in [0.717, 1.165) is 71.5 Å². The van der Waals surface area contributed by atoms with Crippen molar-refractivity contribution in [3.05, 3.63) is 194 Å². The van der Waals surface area contributed by atoms with Crippen molar-refractivity contribution < 1.29 is 4.42 Å². The molecule has 0 bridgehead atoms. The summed E-state index contributed by atoms with van der Waals surface area (Å²) >= 11 is 1.79. The zero-order chi connectivity index (χ0) is 41.2. The summed E-state index contributed by atoms with van der Waals surface area (Å²) in [5.41, 5.74) is 7.59. The highest BCUT2D eigenvalue weighted by Crippen LogP contribution is 2.44. The third-order valence-electron chi connectivity index (χ3n) is 12.8. The normalized spacial score (nSPS) is 12.1. The monoisotopic (exact) mass is 820 g/mol. The Labute approximate surface area is 363 Å². The number of hydrogen-bond donors (Lipinski definition) is 0.